The van der Waals surface area contributed by atoms with E-state index in [1.165, 1.54) is 0 Å². The maximum Gasteiger partial charge on any atom is 0.263 e. The Bertz CT molecular complexity index is 879. The highest BCUT2D eigenvalue weighted by Gasteiger charge is 2.31. The molecular formula is C20H24ClN3O3. The second-order valence-corrected chi connectivity index (χ2v) is 7.22. The zero-order chi connectivity index (χ0) is 18.1. The third-order valence-corrected chi connectivity index (χ3v) is 5.39. The van der Waals surface area contributed by atoms with E-state index < -0.39 is 0 Å². The van der Waals surface area contributed by atoms with E-state index in [0.29, 0.717) is 31.3 Å². The summed E-state index contributed by atoms with van der Waals surface area (Å²) in [5, 5.41) is 15.5. The minimum absolute atomic E-state index is 0. The number of nitrogens with one attached hydrogen (secondary N) is 2. The lowest BCUT2D eigenvalue weighted by Gasteiger charge is -2.37. The molecule has 6 nitrogen and oxygen atoms in total. The Balaban J connectivity index is 0.00000210. The van der Waals surface area contributed by atoms with Crippen LogP contribution in [0.2, 0.25) is 0 Å². The smallest absolute Gasteiger partial charge is 0.263 e. The first kappa shape index (κ1) is 19.5. The summed E-state index contributed by atoms with van der Waals surface area (Å²) in [5.74, 6) is 0.728. The standard InChI is InChI=1S/C20H23N3O3.ClH/c24-16-3-1-13(2-4-16)7-8-22-19(25)17-5-6-18-15-9-14(10-21-11-15)12-23(18)20(17)26;/h1-6,14-15,21,24H,7-12H2,(H,22,25);1H/t14-,15+;/m0./s1. The quantitative estimate of drug-likeness (QED) is 0.742. The van der Waals surface area contributed by atoms with Gasteiger partial charge in [0.05, 0.1) is 0 Å². The van der Waals surface area contributed by atoms with Crippen molar-refractivity contribution in [3.63, 3.8) is 0 Å². The van der Waals surface area contributed by atoms with Gasteiger partial charge in [-0.1, -0.05) is 12.1 Å². The molecule has 2 bridgehead atoms. The largest absolute Gasteiger partial charge is 0.508 e. The predicted octanol–water partition coefficient (Wildman–Crippen LogP) is 1.65. The molecule has 0 spiro atoms. The molecule has 0 aliphatic carbocycles. The Morgan fingerprint density at radius 1 is 1.19 bits per heavy atom. The highest BCUT2D eigenvalue weighted by atomic mass is 35.5. The number of carbonyl (C=O) groups excluding carboxylic acids is 1. The Hall–Kier alpha value is -2.31. The van der Waals surface area contributed by atoms with Crippen LogP contribution >= 0.6 is 12.4 Å². The molecule has 2 aliphatic rings. The van der Waals surface area contributed by atoms with Crippen LogP contribution < -0.4 is 16.2 Å². The number of amides is 1. The van der Waals surface area contributed by atoms with E-state index in [2.05, 4.69) is 10.6 Å². The summed E-state index contributed by atoms with van der Waals surface area (Å²) in [6, 6.07) is 10.5. The third kappa shape index (κ3) is 4.01. The summed E-state index contributed by atoms with van der Waals surface area (Å²) >= 11 is 0. The molecular weight excluding hydrogens is 366 g/mol. The number of hydrogen-bond acceptors (Lipinski definition) is 4. The van der Waals surface area contributed by atoms with Crippen molar-refractivity contribution >= 4 is 18.3 Å². The molecule has 144 valence electrons. The fourth-order valence-electron chi connectivity index (χ4n) is 4.04. The first-order valence-electron chi connectivity index (χ1n) is 9.12. The highest BCUT2D eigenvalue weighted by molar-refractivity contribution is 5.93. The van der Waals surface area contributed by atoms with Gasteiger partial charge in [-0.05, 0) is 55.1 Å². The number of fused-ring (bicyclic) bond motifs is 4. The first-order chi connectivity index (χ1) is 12.6. The summed E-state index contributed by atoms with van der Waals surface area (Å²) in [5.41, 5.74) is 2.10. The van der Waals surface area contributed by atoms with Gasteiger partial charge in [0, 0.05) is 31.2 Å². The van der Waals surface area contributed by atoms with Gasteiger partial charge in [-0.15, -0.1) is 12.4 Å². The number of hydrogen-bond donors (Lipinski definition) is 3. The molecule has 1 aromatic carbocycles. The topological polar surface area (TPSA) is 83.4 Å². The van der Waals surface area contributed by atoms with E-state index >= 15 is 0 Å². The number of piperidine rings is 1. The van der Waals surface area contributed by atoms with Gasteiger partial charge in [0.25, 0.3) is 11.5 Å². The maximum atomic E-state index is 12.8. The van der Waals surface area contributed by atoms with Gasteiger partial charge in [0.15, 0.2) is 0 Å². The molecule has 2 atom stereocenters. The van der Waals surface area contributed by atoms with Crippen molar-refractivity contribution < 1.29 is 9.90 Å². The van der Waals surface area contributed by atoms with Crippen LogP contribution in [0.25, 0.3) is 0 Å². The number of phenolic OH excluding ortho intramolecular Hbond substituents is 1. The Kier molecular flexibility index (Phi) is 5.87. The lowest BCUT2D eigenvalue weighted by Crippen LogP contribution is -2.46. The molecule has 3 heterocycles. The SMILES string of the molecule is Cl.O=C(NCCc1ccc(O)cc1)c1ccc2n(c1=O)C[C@@H]1CNC[C@H]2C1. The van der Waals surface area contributed by atoms with Crippen molar-refractivity contribution in [3.8, 4) is 5.75 Å². The molecule has 1 fully saturated rings. The van der Waals surface area contributed by atoms with E-state index in [9.17, 15) is 14.7 Å². The third-order valence-electron chi connectivity index (χ3n) is 5.39. The number of phenols is 1. The number of aromatic nitrogens is 1. The van der Waals surface area contributed by atoms with Crippen LogP contribution in [0.3, 0.4) is 0 Å². The lowest BCUT2D eigenvalue weighted by molar-refractivity contribution is 0.0951. The lowest BCUT2D eigenvalue weighted by atomic mass is 9.84. The van der Waals surface area contributed by atoms with Gasteiger partial charge >= 0.3 is 0 Å². The van der Waals surface area contributed by atoms with Crippen LogP contribution in [0.5, 0.6) is 5.75 Å². The number of carbonyl (C=O) groups is 1. The van der Waals surface area contributed by atoms with Gasteiger partial charge in [-0.25, -0.2) is 0 Å². The fraction of sp³-hybridized carbons (Fsp3) is 0.400. The minimum Gasteiger partial charge on any atom is -0.508 e. The van der Waals surface area contributed by atoms with Crippen LogP contribution in [-0.4, -0.2) is 35.2 Å². The van der Waals surface area contributed by atoms with Crippen molar-refractivity contribution in [2.75, 3.05) is 19.6 Å². The van der Waals surface area contributed by atoms with E-state index in [-0.39, 0.29) is 35.2 Å². The molecule has 1 amide bonds. The van der Waals surface area contributed by atoms with Crippen LogP contribution in [0.15, 0.2) is 41.2 Å². The van der Waals surface area contributed by atoms with E-state index in [1.807, 2.05) is 18.2 Å². The fourth-order valence-corrected chi connectivity index (χ4v) is 4.04. The molecule has 0 radical (unpaired) electrons. The second-order valence-electron chi connectivity index (χ2n) is 7.22. The second kappa shape index (κ2) is 8.15. The van der Waals surface area contributed by atoms with Gasteiger partial charge in [0.2, 0.25) is 0 Å². The van der Waals surface area contributed by atoms with Crippen molar-refractivity contribution in [1.82, 2.24) is 15.2 Å². The number of nitrogens with zero attached hydrogens (tertiary/aromatic N) is 1. The van der Waals surface area contributed by atoms with Gasteiger partial charge in [0.1, 0.15) is 11.3 Å². The van der Waals surface area contributed by atoms with Gasteiger partial charge in [-0.3, -0.25) is 9.59 Å². The number of halogens is 1. The maximum absolute atomic E-state index is 12.8. The monoisotopic (exact) mass is 389 g/mol. The summed E-state index contributed by atoms with van der Waals surface area (Å²) in [6.45, 7) is 2.96. The summed E-state index contributed by atoms with van der Waals surface area (Å²) in [4.78, 5) is 25.3. The van der Waals surface area contributed by atoms with Crippen molar-refractivity contribution in [3.05, 3.63) is 63.6 Å². The van der Waals surface area contributed by atoms with E-state index in [4.69, 9.17) is 0 Å². The van der Waals surface area contributed by atoms with Crippen molar-refractivity contribution in [2.24, 2.45) is 5.92 Å². The van der Waals surface area contributed by atoms with E-state index in [1.54, 1.807) is 22.8 Å². The molecule has 1 saturated heterocycles. The summed E-state index contributed by atoms with van der Waals surface area (Å²) in [7, 11) is 0. The molecule has 27 heavy (non-hydrogen) atoms. The van der Waals surface area contributed by atoms with Crippen LogP contribution in [-0.2, 0) is 13.0 Å². The van der Waals surface area contributed by atoms with Crippen LogP contribution in [0, 0.1) is 5.92 Å². The average molecular weight is 390 g/mol. The number of rotatable bonds is 4. The Labute approximate surface area is 164 Å². The number of aromatic hydroxyl groups is 1. The Morgan fingerprint density at radius 2 is 1.96 bits per heavy atom. The van der Waals surface area contributed by atoms with E-state index in [0.717, 1.165) is 30.8 Å². The highest BCUT2D eigenvalue weighted by Crippen LogP contribution is 2.31. The number of benzene rings is 1. The molecule has 7 heteroatoms. The number of pyridine rings is 1. The van der Waals surface area contributed by atoms with Crippen LogP contribution in [0.1, 0.15) is 34.0 Å². The molecule has 3 N–H and O–H groups in total. The zero-order valence-electron chi connectivity index (χ0n) is 15.0. The molecule has 0 saturated carbocycles. The predicted molar refractivity (Wildman–Crippen MR) is 106 cm³/mol. The molecule has 2 aromatic rings. The molecule has 1 aromatic heterocycles. The molecule has 4 rings (SSSR count). The first-order valence-corrected chi connectivity index (χ1v) is 9.12. The zero-order valence-corrected chi connectivity index (χ0v) is 15.8. The average Bonchev–Trinajstić information content (AvgIpc) is 2.64. The molecule has 0 unspecified atom stereocenters. The van der Waals surface area contributed by atoms with Gasteiger partial charge in [-0.2, -0.15) is 0 Å². The minimum atomic E-state index is -0.321. The molecule has 2 aliphatic heterocycles. The van der Waals surface area contributed by atoms with Crippen molar-refractivity contribution in [2.45, 2.75) is 25.3 Å². The van der Waals surface area contributed by atoms with Gasteiger partial charge < -0.3 is 20.3 Å². The normalized spacial score (nSPS) is 20.3. The van der Waals surface area contributed by atoms with Crippen molar-refractivity contribution in [1.29, 1.82) is 0 Å². The summed E-state index contributed by atoms with van der Waals surface area (Å²) < 4.78 is 1.80. The van der Waals surface area contributed by atoms with Crippen LogP contribution in [0.4, 0.5) is 0 Å². The Morgan fingerprint density at radius 3 is 2.74 bits per heavy atom. The summed E-state index contributed by atoms with van der Waals surface area (Å²) in [6.07, 6.45) is 1.76.